The lowest BCUT2D eigenvalue weighted by Crippen LogP contribution is -2.78. The molecule has 8 nitrogen and oxygen atoms in total. The SMILES string of the molecule is C=COC(OC=C)(OC=C)C(OC=C)(OC(C)=O)C(OC=C)(OC=C)[Si](C)(Cl)Cl. The molecule has 0 aliphatic rings. The summed E-state index contributed by atoms with van der Waals surface area (Å²) in [6, 6.07) is 0. The average Bonchev–Trinajstić information content (AvgIpc) is 2.60. The van der Waals surface area contributed by atoms with Crippen molar-refractivity contribution in [3.63, 3.8) is 0 Å². The number of carbonyl (C=O) groups is 1. The highest BCUT2D eigenvalue weighted by Gasteiger charge is 2.85. The fourth-order valence-electron chi connectivity index (χ4n) is 2.38. The van der Waals surface area contributed by atoms with Gasteiger partial charge in [-0.3, -0.25) is 4.79 Å². The molecule has 0 aliphatic carbocycles. The van der Waals surface area contributed by atoms with E-state index in [4.69, 9.17) is 55.3 Å². The fraction of sp³-hybridized carbons (Fsp3) is 0.278. The first kappa shape index (κ1) is 26.5. The molecule has 0 aromatic rings. The van der Waals surface area contributed by atoms with Crippen molar-refractivity contribution < 1.29 is 38.0 Å². The maximum Gasteiger partial charge on any atom is 0.507 e. The minimum absolute atomic E-state index is 0.866. The van der Waals surface area contributed by atoms with Crippen molar-refractivity contribution in [3.8, 4) is 0 Å². The summed E-state index contributed by atoms with van der Waals surface area (Å²) in [4.78, 5) is 12.2. The van der Waals surface area contributed by atoms with Crippen molar-refractivity contribution in [2.24, 2.45) is 0 Å². The summed E-state index contributed by atoms with van der Waals surface area (Å²) in [5.74, 6) is -6.21. The van der Waals surface area contributed by atoms with Crippen LogP contribution in [0.3, 0.4) is 0 Å². The van der Waals surface area contributed by atoms with Crippen molar-refractivity contribution in [1.29, 1.82) is 0 Å². The van der Waals surface area contributed by atoms with Gasteiger partial charge < -0.3 is 33.2 Å². The van der Waals surface area contributed by atoms with Gasteiger partial charge in [0, 0.05) is 6.92 Å². The molecule has 1 atom stereocenters. The van der Waals surface area contributed by atoms with Crippen molar-refractivity contribution >= 4 is 34.8 Å². The molecule has 0 amide bonds. The Morgan fingerprint density at radius 3 is 1.34 bits per heavy atom. The highest BCUT2D eigenvalue weighted by atomic mass is 35.7. The van der Waals surface area contributed by atoms with Crippen LogP contribution in [-0.2, 0) is 38.0 Å². The van der Waals surface area contributed by atoms with Gasteiger partial charge >= 0.3 is 29.8 Å². The van der Waals surface area contributed by atoms with Gasteiger partial charge in [-0.1, -0.05) is 39.5 Å². The monoisotopic (exact) mass is 466 g/mol. The van der Waals surface area contributed by atoms with E-state index in [0.29, 0.717) is 0 Å². The first-order valence-electron chi connectivity index (χ1n) is 7.83. The molecule has 1 unspecified atom stereocenters. The van der Waals surface area contributed by atoms with Crippen LogP contribution in [0.5, 0.6) is 0 Å². The van der Waals surface area contributed by atoms with Gasteiger partial charge in [0.1, 0.15) is 0 Å². The van der Waals surface area contributed by atoms with Gasteiger partial charge in [-0.2, -0.15) is 0 Å². The lowest BCUT2D eigenvalue weighted by molar-refractivity contribution is -0.489. The molecule has 0 saturated carbocycles. The van der Waals surface area contributed by atoms with Crippen LogP contribution < -0.4 is 0 Å². The van der Waals surface area contributed by atoms with Crippen LogP contribution in [0.1, 0.15) is 6.92 Å². The number of carbonyl (C=O) groups excluding carboxylic acids is 1. The van der Waals surface area contributed by atoms with Crippen LogP contribution in [-0.4, -0.2) is 29.8 Å². The molecule has 162 valence electrons. The molecule has 0 heterocycles. The van der Waals surface area contributed by atoms with E-state index in [-0.39, 0.29) is 0 Å². The van der Waals surface area contributed by atoms with E-state index >= 15 is 0 Å². The Morgan fingerprint density at radius 1 is 0.759 bits per heavy atom. The normalized spacial score (nSPS) is 13.4. The lowest BCUT2D eigenvalue weighted by atomic mass is 10.1. The van der Waals surface area contributed by atoms with Crippen LogP contribution >= 0.6 is 22.2 Å². The molecular formula is C18H24Cl2O8Si. The molecule has 0 aliphatic heterocycles. The molecule has 0 spiro atoms. The number of rotatable bonds is 16. The second-order valence-corrected chi connectivity index (χ2v) is 12.5. The van der Waals surface area contributed by atoms with Crippen LogP contribution in [0.25, 0.3) is 0 Å². The molecular weight excluding hydrogens is 443 g/mol. The topological polar surface area (TPSA) is 81.7 Å². The molecule has 0 N–H and O–H groups in total. The predicted molar refractivity (Wildman–Crippen MR) is 111 cm³/mol. The van der Waals surface area contributed by atoms with Gasteiger partial charge in [0.25, 0.3) is 0 Å². The third kappa shape index (κ3) is 4.92. The van der Waals surface area contributed by atoms with E-state index in [9.17, 15) is 4.79 Å². The summed E-state index contributed by atoms with van der Waals surface area (Å²) in [6.07, 6.45) is 5.39. The summed E-state index contributed by atoms with van der Waals surface area (Å²) in [6.45, 7) is 19.3. The molecule has 29 heavy (non-hydrogen) atoms. The Kier molecular flexibility index (Phi) is 9.95. The first-order chi connectivity index (χ1) is 13.5. The van der Waals surface area contributed by atoms with E-state index in [1.54, 1.807) is 0 Å². The predicted octanol–water partition coefficient (Wildman–Crippen LogP) is 4.65. The minimum atomic E-state index is -3.85. The number of ether oxygens (including phenoxy) is 7. The van der Waals surface area contributed by atoms with Crippen molar-refractivity contribution in [2.75, 3.05) is 0 Å². The lowest BCUT2D eigenvalue weighted by Gasteiger charge is -2.52. The largest absolute Gasteiger partial charge is 0.507 e. The van der Waals surface area contributed by atoms with E-state index < -0.39 is 29.8 Å². The minimum Gasteiger partial charge on any atom is -0.455 e. The average molecular weight is 467 g/mol. The number of hydrogen-bond donors (Lipinski definition) is 0. The summed E-state index contributed by atoms with van der Waals surface area (Å²) < 4.78 is 38.5. The Morgan fingerprint density at radius 2 is 1.10 bits per heavy atom. The molecule has 0 radical (unpaired) electrons. The van der Waals surface area contributed by atoms with Crippen molar-refractivity contribution in [3.05, 3.63) is 77.0 Å². The van der Waals surface area contributed by atoms with Gasteiger partial charge in [-0.05, 0) is 6.55 Å². The highest BCUT2D eigenvalue weighted by Crippen LogP contribution is 2.52. The van der Waals surface area contributed by atoms with E-state index in [1.807, 2.05) is 0 Å². The Hall–Kier alpha value is -2.49. The molecule has 0 saturated heterocycles. The van der Waals surface area contributed by atoms with Gasteiger partial charge in [-0.25, -0.2) is 0 Å². The third-order valence-electron chi connectivity index (χ3n) is 3.17. The van der Waals surface area contributed by atoms with E-state index in [1.165, 1.54) is 6.55 Å². The molecule has 0 rings (SSSR count). The Balaban J connectivity index is 7.66. The van der Waals surface area contributed by atoms with Gasteiger partial charge in [0.2, 0.25) is 0 Å². The van der Waals surface area contributed by atoms with Crippen molar-refractivity contribution in [2.45, 2.75) is 30.6 Å². The van der Waals surface area contributed by atoms with Crippen LogP contribution in [0.4, 0.5) is 0 Å². The summed E-state index contributed by atoms with van der Waals surface area (Å²) in [5.41, 5.74) is -2.40. The number of hydrogen-bond acceptors (Lipinski definition) is 8. The molecule has 0 fully saturated rings. The van der Waals surface area contributed by atoms with Gasteiger partial charge in [-0.15, -0.1) is 22.2 Å². The zero-order valence-electron chi connectivity index (χ0n) is 16.2. The van der Waals surface area contributed by atoms with Gasteiger partial charge in [0.15, 0.2) is 0 Å². The zero-order chi connectivity index (χ0) is 22.8. The maximum absolute atomic E-state index is 12.2. The second kappa shape index (κ2) is 10.9. The van der Waals surface area contributed by atoms with Crippen molar-refractivity contribution in [1.82, 2.24) is 0 Å². The summed E-state index contributed by atoms with van der Waals surface area (Å²) in [5, 5.41) is 0. The van der Waals surface area contributed by atoms with E-state index in [0.717, 1.165) is 44.5 Å². The van der Waals surface area contributed by atoms with Crippen LogP contribution in [0.15, 0.2) is 77.0 Å². The third-order valence-corrected chi connectivity index (χ3v) is 6.38. The number of halogens is 2. The first-order valence-corrected chi connectivity index (χ1v) is 12.4. The quantitative estimate of drug-likeness (QED) is 0.107. The summed E-state index contributed by atoms with van der Waals surface area (Å²) in [7, 11) is 0. The molecule has 11 heteroatoms. The fourth-order valence-corrected chi connectivity index (χ4v) is 5.09. The second-order valence-electron chi connectivity index (χ2n) is 4.98. The van der Waals surface area contributed by atoms with Crippen LogP contribution in [0.2, 0.25) is 6.55 Å². The van der Waals surface area contributed by atoms with Gasteiger partial charge in [0.05, 0.1) is 37.6 Å². The number of esters is 1. The maximum atomic E-state index is 12.2. The summed E-state index contributed by atoms with van der Waals surface area (Å²) >= 11 is 13.1. The molecule has 0 aromatic carbocycles. The Labute approximate surface area is 180 Å². The molecule has 0 bridgehead atoms. The highest BCUT2D eigenvalue weighted by molar-refractivity contribution is 7.46. The zero-order valence-corrected chi connectivity index (χ0v) is 18.7. The standard InChI is InChI=1S/C18H24Cl2O8Si/c1-9-22-16(28-15(7)21,17(23-10-2,24-11-3)25-12-4)18(26-13-5,27-14-6)29(8,19)20/h9-14H,1-6H2,7-8H3. The van der Waals surface area contributed by atoms with E-state index in [2.05, 4.69) is 39.5 Å². The smallest absolute Gasteiger partial charge is 0.455 e. The van der Waals surface area contributed by atoms with Crippen LogP contribution in [0, 0.1) is 0 Å². The Bertz CT molecular complexity index is 610. The molecule has 0 aromatic heterocycles.